The fraction of sp³-hybridized carbons (Fsp3) is 0.167. The van der Waals surface area contributed by atoms with Crippen molar-refractivity contribution in [3.05, 3.63) is 89.2 Å². The van der Waals surface area contributed by atoms with Gasteiger partial charge in [0.05, 0.1) is 12.2 Å². The Morgan fingerprint density at radius 2 is 1.58 bits per heavy atom. The van der Waals surface area contributed by atoms with Crippen molar-refractivity contribution in [1.29, 1.82) is 0 Å². The number of esters is 1. The summed E-state index contributed by atoms with van der Waals surface area (Å²) < 4.78 is 50.7. The molecule has 0 heterocycles. The third-order valence-corrected chi connectivity index (χ3v) is 4.31. The van der Waals surface area contributed by atoms with Crippen LogP contribution in [-0.4, -0.2) is 18.8 Å². The maximum Gasteiger partial charge on any atom is 0.343 e. The minimum atomic E-state index is -1.57. The first-order valence-electron chi connectivity index (χ1n) is 9.70. The van der Waals surface area contributed by atoms with Crippen LogP contribution in [0.1, 0.15) is 35.7 Å². The predicted octanol–water partition coefficient (Wildman–Crippen LogP) is 6.25. The summed E-state index contributed by atoms with van der Waals surface area (Å²) in [4.78, 5) is 16.1. The van der Waals surface area contributed by atoms with E-state index in [1.54, 1.807) is 48.5 Å². The fourth-order valence-electron chi connectivity index (χ4n) is 2.57. The lowest BCUT2D eigenvalue weighted by Gasteiger charge is -2.07. The molecule has 0 aliphatic heterocycles. The molecule has 3 rings (SSSR count). The van der Waals surface area contributed by atoms with Crippen LogP contribution in [0.2, 0.25) is 0 Å². The Balaban J connectivity index is 1.60. The van der Waals surface area contributed by atoms with Gasteiger partial charge < -0.3 is 9.47 Å². The first kappa shape index (κ1) is 22.1. The van der Waals surface area contributed by atoms with Gasteiger partial charge in [0.1, 0.15) is 17.2 Å². The minimum absolute atomic E-state index is 0.310. The van der Waals surface area contributed by atoms with Crippen LogP contribution < -0.4 is 9.47 Å². The number of hydrogen-bond acceptors (Lipinski definition) is 4. The summed E-state index contributed by atoms with van der Waals surface area (Å²) in [6.07, 6.45) is 3.29. The molecule has 3 aromatic rings. The summed E-state index contributed by atoms with van der Waals surface area (Å²) >= 11 is 0. The molecule has 160 valence electrons. The van der Waals surface area contributed by atoms with Crippen molar-refractivity contribution >= 4 is 17.9 Å². The Morgan fingerprint density at radius 3 is 2.26 bits per heavy atom. The van der Waals surface area contributed by atoms with E-state index >= 15 is 0 Å². The van der Waals surface area contributed by atoms with Crippen LogP contribution in [-0.2, 0) is 0 Å². The van der Waals surface area contributed by atoms with Gasteiger partial charge in [-0.2, -0.15) is 0 Å². The van der Waals surface area contributed by atoms with E-state index in [0.29, 0.717) is 29.2 Å². The Hall–Kier alpha value is -3.61. The van der Waals surface area contributed by atoms with Crippen molar-refractivity contribution in [2.75, 3.05) is 6.61 Å². The average Bonchev–Trinajstić information content (AvgIpc) is 2.78. The summed E-state index contributed by atoms with van der Waals surface area (Å²) in [6, 6.07) is 14.8. The Morgan fingerprint density at radius 1 is 0.903 bits per heavy atom. The zero-order valence-electron chi connectivity index (χ0n) is 16.8. The lowest BCUT2D eigenvalue weighted by atomic mass is 10.2. The highest BCUT2D eigenvalue weighted by atomic mass is 19.2. The van der Waals surface area contributed by atoms with E-state index in [4.69, 9.17) is 9.47 Å². The molecular weight excluding hydrogens is 407 g/mol. The number of carbonyl (C=O) groups excluding carboxylic acids is 1. The maximum atomic E-state index is 13.6. The molecule has 4 nitrogen and oxygen atoms in total. The molecule has 0 fully saturated rings. The fourth-order valence-corrected chi connectivity index (χ4v) is 2.57. The number of ether oxygens (including phenoxy) is 2. The Bertz CT molecular complexity index is 1060. The van der Waals surface area contributed by atoms with Crippen LogP contribution in [0.15, 0.2) is 65.7 Å². The SMILES string of the molecule is CCCCOc1ccc(C(=O)Oc2ccc(C=Nc3ccc(F)c(F)c3F)cc2)cc1. The van der Waals surface area contributed by atoms with E-state index in [1.807, 2.05) is 0 Å². The standard InChI is InChI=1S/C24H20F3NO3/c1-2-3-14-30-18-10-6-17(7-11-18)24(29)31-19-8-4-16(5-9-19)15-28-21-13-12-20(25)22(26)23(21)27/h4-13,15H,2-3,14H2,1H3. The van der Waals surface area contributed by atoms with Crippen molar-refractivity contribution in [3.8, 4) is 11.5 Å². The molecular formula is C24H20F3NO3. The zero-order chi connectivity index (χ0) is 22.2. The maximum absolute atomic E-state index is 13.6. The van der Waals surface area contributed by atoms with Crippen LogP contribution >= 0.6 is 0 Å². The monoisotopic (exact) mass is 427 g/mol. The molecule has 3 aromatic carbocycles. The van der Waals surface area contributed by atoms with E-state index in [1.165, 1.54) is 6.21 Å². The molecule has 0 bridgehead atoms. The van der Waals surface area contributed by atoms with E-state index in [2.05, 4.69) is 11.9 Å². The van der Waals surface area contributed by atoms with E-state index < -0.39 is 23.4 Å². The largest absolute Gasteiger partial charge is 0.494 e. The summed E-state index contributed by atoms with van der Waals surface area (Å²) in [5.41, 5.74) is 0.608. The van der Waals surface area contributed by atoms with E-state index in [-0.39, 0.29) is 5.69 Å². The first-order chi connectivity index (χ1) is 15.0. The predicted molar refractivity (Wildman–Crippen MR) is 112 cm³/mol. The van der Waals surface area contributed by atoms with Crippen molar-refractivity contribution in [1.82, 2.24) is 0 Å². The summed E-state index contributed by atoms with van der Waals surface area (Å²) in [5, 5.41) is 0. The number of halogens is 3. The van der Waals surface area contributed by atoms with Gasteiger partial charge >= 0.3 is 5.97 Å². The smallest absolute Gasteiger partial charge is 0.343 e. The average molecular weight is 427 g/mol. The van der Waals surface area contributed by atoms with Gasteiger partial charge in [0.15, 0.2) is 17.5 Å². The lowest BCUT2D eigenvalue weighted by Crippen LogP contribution is -2.08. The molecule has 0 amide bonds. The lowest BCUT2D eigenvalue weighted by molar-refractivity contribution is 0.0734. The van der Waals surface area contributed by atoms with Crippen molar-refractivity contribution in [2.24, 2.45) is 4.99 Å². The van der Waals surface area contributed by atoms with E-state index in [9.17, 15) is 18.0 Å². The van der Waals surface area contributed by atoms with Gasteiger partial charge in [-0.3, -0.25) is 4.99 Å². The molecule has 0 unspecified atom stereocenters. The van der Waals surface area contributed by atoms with Crippen LogP contribution in [0.25, 0.3) is 0 Å². The molecule has 0 N–H and O–H groups in total. The Kier molecular flexibility index (Phi) is 7.43. The second-order valence-corrected chi connectivity index (χ2v) is 6.64. The summed E-state index contributed by atoms with van der Waals surface area (Å²) in [7, 11) is 0. The van der Waals surface area contributed by atoms with Crippen LogP contribution in [0.3, 0.4) is 0 Å². The molecule has 0 radical (unpaired) electrons. The molecule has 0 aliphatic rings. The van der Waals surface area contributed by atoms with Crippen LogP contribution in [0, 0.1) is 17.5 Å². The molecule has 0 saturated carbocycles. The zero-order valence-corrected chi connectivity index (χ0v) is 16.8. The second-order valence-electron chi connectivity index (χ2n) is 6.64. The highest BCUT2D eigenvalue weighted by Crippen LogP contribution is 2.22. The molecule has 0 atom stereocenters. The molecule has 0 saturated heterocycles. The second kappa shape index (κ2) is 10.4. The number of rotatable bonds is 8. The number of unbranched alkanes of at least 4 members (excludes halogenated alkanes) is 1. The van der Waals surface area contributed by atoms with Gasteiger partial charge in [0.25, 0.3) is 0 Å². The number of nitrogens with zero attached hydrogens (tertiary/aromatic N) is 1. The third kappa shape index (κ3) is 5.94. The molecule has 0 aliphatic carbocycles. The van der Waals surface area contributed by atoms with Crippen LogP contribution in [0.4, 0.5) is 18.9 Å². The molecule has 0 aromatic heterocycles. The van der Waals surface area contributed by atoms with Crippen molar-refractivity contribution in [3.63, 3.8) is 0 Å². The summed E-state index contributed by atoms with van der Waals surface area (Å²) in [6.45, 7) is 2.70. The normalized spacial score (nSPS) is 11.0. The minimum Gasteiger partial charge on any atom is -0.494 e. The molecule has 31 heavy (non-hydrogen) atoms. The van der Waals surface area contributed by atoms with E-state index in [0.717, 1.165) is 25.0 Å². The van der Waals surface area contributed by atoms with Crippen molar-refractivity contribution < 1.29 is 27.4 Å². The first-order valence-corrected chi connectivity index (χ1v) is 9.70. The van der Waals surface area contributed by atoms with Gasteiger partial charge in [-0.1, -0.05) is 13.3 Å². The third-order valence-electron chi connectivity index (χ3n) is 4.31. The molecule has 7 heteroatoms. The van der Waals surface area contributed by atoms with Crippen molar-refractivity contribution in [2.45, 2.75) is 19.8 Å². The van der Waals surface area contributed by atoms with Gasteiger partial charge in [-0.15, -0.1) is 0 Å². The number of benzene rings is 3. The topological polar surface area (TPSA) is 47.9 Å². The summed E-state index contributed by atoms with van der Waals surface area (Å²) in [5.74, 6) is -3.73. The number of hydrogen-bond donors (Lipinski definition) is 0. The van der Waals surface area contributed by atoms with Crippen LogP contribution in [0.5, 0.6) is 11.5 Å². The Labute approximate surface area is 178 Å². The van der Waals surface area contributed by atoms with Gasteiger partial charge in [-0.05, 0) is 72.6 Å². The quantitative estimate of drug-likeness (QED) is 0.140. The molecule has 0 spiro atoms. The van der Waals surface area contributed by atoms with Gasteiger partial charge in [0, 0.05) is 6.21 Å². The highest BCUT2D eigenvalue weighted by molar-refractivity contribution is 5.91. The van der Waals surface area contributed by atoms with Gasteiger partial charge in [-0.25, -0.2) is 18.0 Å². The number of carbonyl (C=O) groups is 1. The number of aliphatic imine (C=N–C) groups is 1. The highest BCUT2D eigenvalue weighted by Gasteiger charge is 2.12. The van der Waals surface area contributed by atoms with Gasteiger partial charge in [0.2, 0.25) is 0 Å².